The van der Waals surface area contributed by atoms with Crippen LogP contribution in [0.15, 0.2) is 11.6 Å². The molecule has 0 aromatic rings. The third kappa shape index (κ3) is 10.7. The van der Waals surface area contributed by atoms with Crippen molar-refractivity contribution in [2.24, 2.45) is 0 Å². The highest BCUT2D eigenvalue weighted by Crippen LogP contribution is 2.35. The number of hydrogen-bond acceptors (Lipinski definition) is 29. The Labute approximate surface area is 374 Å². The summed E-state index contributed by atoms with van der Waals surface area (Å²) < 4.78 is 49.9. The van der Waals surface area contributed by atoms with Gasteiger partial charge >= 0.3 is 0 Å². The van der Waals surface area contributed by atoms with E-state index in [1.165, 1.54) is 13.0 Å². The van der Waals surface area contributed by atoms with Gasteiger partial charge in [0.05, 0.1) is 51.2 Å². The van der Waals surface area contributed by atoms with Gasteiger partial charge in [0.2, 0.25) is 0 Å². The molecular formula is C37H63NO28. The number of rotatable bonds is 15. The van der Waals surface area contributed by atoms with E-state index in [1.54, 1.807) is 0 Å². The zero-order valence-electron chi connectivity index (χ0n) is 35.0. The second-order valence-corrected chi connectivity index (χ2v) is 17.0. The van der Waals surface area contributed by atoms with Crippen LogP contribution in [-0.4, -0.2) is 308 Å². The van der Waals surface area contributed by atoms with Crippen LogP contribution in [0.3, 0.4) is 0 Å². The largest absolute Gasteiger partial charge is 0.394 e. The lowest BCUT2D eigenvalue weighted by atomic mass is 9.86. The molecule has 0 amide bonds. The Kier molecular flexibility index (Phi) is 18.6. The number of nitrogens with one attached hydrogen (secondary N) is 1. The number of hydrogen-bond donors (Lipinski definition) is 20. The van der Waals surface area contributed by atoms with E-state index in [4.69, 9.17) is 42.6 Å². The van der Waals surface area contributed by atoms with Crippen molar-refractivity contribution >= 4 is 0 Å². The first-order valence-corrected chi connectivity index (χ1v) is 21.2. The molecule has 29 heteroatoms. The standard InChI is InChI=1S/C37H63NO28/c1-8-15(38-10-2-9(3-39)29(20(48)16(10)44)63-35-26(54)19(47)17(45)11(4-40)60-35)18(46)25(53)34(58-8)64-31-13(6-42)61-37(27(55)22(31)50)66-32-14(7-43)62-36(28(56)23(32)51)65-30-12(5-41)59-33(57)24(52)21(30)49/h2,8,10-57H,3-7H2,1H3. The van der Waals surface area contributed by atoms with Crippen molar-refractivity contribution < 1.29 is 140 Å². The van der Waals surface area contributed by atoms with Gasteiger partial charge in [0.1, 0.15) is 128 Å². The Morgan fingerprint density at radius 2 is 0.833 bits per heavy atom. The van der Waals surface area contributed by atoms with Crippen LogP contribution in [0.25, 0.3) is 0 Å². The fourth-order valence-corrected chi connectivity index (χ4v) is 8.78. The summed E-state index contributed by atoms with van der Waals surface area (Å²) in [4.78, 5) is 0. The minimum absolute atomic E-state index is 0.0801. The van der Waals surface area contributed by atoms with Crippen molar-refractivity contribution in [1.82, 2.24) is 5.32 Å². The van der Waals surface area contributed by atoms with Gasteiger partial charge in [0.25, 0.3) is 0 Å². The Morgan fingerprint density at radius 3 is 1.32 bits per heavy atom. The highest BCUT2D eigenvalue weighted by molar-refractivity contribution is 5.23. The summed E-state index contributed by atoms with van der Waals surface area (Å²) in [6.07, 6.45) is -46.8. The van der Waals surface area contributed by atoms with Crippen molar-refractivity contribution in [2.45, 2.75) is 185 Å². The van der Waals surface area contributed by atoms with Gasteiger partial charge in [0, 0.05) is 0 Å². The van der Waals surface area contributed by atoms with E-state index in [-0.39, 0.29) is 5.57 Å². The van der Waals surface area contributed by atoms with Gasteiger partial charge in [0.15, 0.2) is 31.5 Å². The first-order valence-electron chi connectivity index (χ1n) is 21.2. The fourth-order valence-electron chi connectivity index (χ4n) is 8.78. The molecule has 384 valence electrons. The van der Waals surface area contributed by atoms with Crippen LogP contribution in [0, 0.1) is 0 Å². The lowest BCUT2D eigenvalue weighted by Gasteiger charge is -2.49. The average molecular weight is 970 g/mol. The molecule has 6 aliphatic rings. The topological polar surface area (TPSA) is 479 Å². The molecule has 5 saturated heterocycles. The zero-order valence-corrected chi connectivity index (χ0v) is 35.0. The summed E-state index contributed by atoms with van der Waals surface area (Å²) in [5.74, 6) is 0. The SMILES string of the molecule is CC1OC(OC2C(CO)OC(OC3C(CO)OC(OC4C(CO)OC(O)C(O)C4O)C(O)C3O)C(O)C2O)C(O)C(O)C1NC1C=C(CO)C(OC2OC(CO)C(O)C(O)C2O)C(O)C1O. The van der Waals surface area contributed by atoms with Gasteiger partial charge < -0.3 is 145 Å². The van der Waals surface area contributed by atoms with E-state index in [1.807, 2.05) is 0 Å². The fraction of sp³-hybridized carbons (Fsp3) is 0.946. The van der Waals surface area contributed by atoms with Gasteiger partial charge in [-0.1, -0.05) is 6.08 Å². The third-order valence-electron chi connectivity index (χ3n) is 12.7. The molecule has 5 fully saturated rings. The van der Waals surface area contributed by atoms with Crippen LogP contribution in [0.5, 0.6) is 0 Å². The van der Waals surface area contributed by atoms with Crippen LogP contribution in [0.2, 0.25) is 0 Å². The Balaban J connectivity index is 1.07. The van der Waals surface area contributed by atoms with E-state index < -0.39 is 211 Å². The number of ether oxygens (including phenoxy) is 9. The Bertz CT molecular complexity index is 1550. The van der Waals surface area contributed by atoms with Crippen molar-refractivity contribution in [3.63, 3.8) is 0 Å². The maximum absolute atomic E-state index is 11.3. The predicted molar refractivity (Wildman–Crippen MR) is 203 cm³/mol. The second-order valence-electron chi connectivity index (χ2n) is 17.0. The summed E-state index contributed by atoms with van der Waals surface area (Å²) in [7, 11) is 0. The monoisotopic (exact) mass is 969 g/mol. The summed E-state index contributed by atoms with van der Waals surface area (Å²) in [6, 6.07) is -2.55. The zero-order chi connectivity index (χ0) is 48.6. The van der Waals surface area contributed by atoms with Crippen LogP contribution < -0.4 is 5.32 Å². The molecule has 5 aliphatic heterocycles. The molecule has 5 heterocycles. The molecular weight excluding hydrogens is 906 g/mol. The molecule has 0 bridgehead atoms. The Morgan fingerprint density at radius 1 is 0.424 bits per heavy atom. The van der Waals surface area contributed by atoms with Crippen LogP contribution in [-0.2, 0) is 42.6 Å². The summed E-state index contributed by atoms with van der Waals surface area (Å²) in [5.41, 5.74) is -0.0801. The number of aliphatic hydroxyl groups excluding tert-OH is 19. The van der Waals surface area contributed by atoms with Gasteiger partial charge in [-0.05, 0) is 12.5 Å². The average Bonchev–Trinajstić information content (AvgIpc) is 3.30. The minimum atomic E-state index is -2.10. The van der Waals surface area contributed by atoms with E-state index in [9.17, 15) is 97.0 Å². The van der Waals surface area contributed by atoms with Crippen molar-refractivity contribution in [3.8, 4) is 0 Å². The van der Waals surface area contributed by atoms with Gasteiger partial charge in [-0.25, -0.2) is 0 Å². The lowest BCUT2D eigenvalue weighted by molar-refractivity contribution is -0.385. The summed E-state index contributed by atoms with van der Waals surface area (Å²) in [6.45, 7) is -2.92. The molecule has 1 aliphatic carbocycles. The van der Waals surface area contributed by atoms with Crippen molar-refractivity contribution in [1.29, 1.82) is 0 Å². The van der Waals surface area contributed by atoms with Crippen molar-refractivity contribution in [2.75, 3.05) is 33.0 Å². The highest BCUT2D eigenvalue weighted by atomic mass is 16.8. The molecule has 0 saturated carbocycles. The first-order chi connectivity index (χ1) is 31.2. The third-order valence-corrected chi connectivity index (χ3v) is 12.7. The molecule has 29 atom stereocenters. The van der Waals surface area contributed by atoms with Gasteiger partial charge in [-0.2, -0.15) is 0 Å². The molecule has 0 aromatic heterocycles. The molecule has 0 aromatic carbocycles. The summed E-state index contributed by atoms with van der Waals surface area (Å²) in [5, 5.41) is 202. The number of aliphatic hydroxyl groups is 19. The normalized spacial score (nSPS) is 52.8. The van der Waals surface area contributed by atoms with E-state index >= 15 is 0 Å². The van der Waals surface area contributed by atoms with Gasteiger partial charge in [-0.3, -0.25) is 0 Å². The lowest BCUT2D eigenvalue weighted by Crippen LogP contribution is -2.69. The Hall–Kier alpha value is -1.42. The van der Waals surface area contributed by atoms with E-state index in [2.05, 4.69) is 5.32 Å². The minimum Gasteiger partial charge on any atom is -0.394 e. The summed E-state index contributed by atoms with van der Waals surface area (Å²) >= 11 is 0. The van der Waals surface area contributed by atoms with E-state index in [0.717, 1.165) is 0 Å². The molecule has 0 spiro atoms. The van der Waals surface area contributed by atoms with Crippen LogP contribution >= 0.6 is 0 Å². The molecule has 0 radical (unpaired) electrons. The maximum atomic E-state index is 11.3. The smallest absolute Gasteiger partial charge is 0.187 e. The van der Waals surface area contributed by atoms with E-state index in [0.29, 0.717) is 0 Å². The van der Waals surface area contributed by atoms with Crippen molar-refractivity contribution in [3.05, 3.63) is 11.6 Å². The highest BCUT2D eigenvalue weighted by Gasteiger charge is 2.56. The quantitative estimate of drug-likeness (QED) is 0.0678. The second kappa shape index (κ2) is 22.8. The molecule has 6 rings (SSSR count). The molecule has 66 heavy (non-hydrogen) atoms. The molecule has 29 nitrogen and oxygen atoms in total. The maximum Gasteiger partial charge on any atom is 0.187 e. The van der Waals surface area contributed by atoms with Crippen LogP contribution in [0.1, 0.15) is 6.92 Å². The van der Waals surface area contributed by atoms with Crippen LogP contribution in [0.4, 0.5) is 0 Å². The molecule has 29 unspecified atom stereocenters. The van der Waals surface area contributed by atoms with Gasteiger partial charge in [-0.15, -0.1) is 0 Å². The predicted octanol–water partition coefficient (Wildman–Crippen LogP) is -12.9. The first kappa shape index (κ1) is 53.9. The molecule has 20 N–H and O–H groups in total.